The molecule has 0 fully saturated rings. The van der Waals surface area contributed by atoms with Crippen molar-refractivity contribution in [2.75, 3.05) is 7.05 Å². The van der Waals surface area contributed by atoms with Crippen molar-refractivity contribution in [1.29, 1.82) is 0 Å². The largest absolute Gasteiger partial charge is 0.486 e. The zero-order valence-corrected chi connectivity index (χ0v) is 11.4. The lowest BCUT2D eigenvalue weighted by molar-refractivity contribution is 0.280. The molecule has 0 bridgehead atoms. The van der Waals surface area contributed by atoms with E-state index in [0.717, 1.165) is 16.7 Å². The van der Waals surface area contributed by atoms with Gasteiger partial charge in [-0.1, -0.05) is 30.3 Å². The molecule has 0 spiro atoms. The fraction of sp³-hybridized carbons (Fsp3) is 0.250. The van der Waals surface area contributed by atoms with Crippen LogP contribution in [-0.4, -0.2) is 12.2 Å². The molecule has 0 aliphatic rings. The summed E-state index contributed by atoms with van der Waals surface area (Å²) in [6.07, 6.45) is 0. The first-order valence-corrected chi connectivity index (χ1v) is 6.47. The standard InChI is InChI=1S/C16H18FNO2/c1-18-9-14-6-7-16(15(17)8-14)20-11-13-4-2-12(10-19)3-5-13/h2-8,18-19H,9-11H2,1H3. The molecule has 20 heavy (non-hydrogen) atoms. The fourth-order valence-corrected chi connectivity index (χ4v) is 1.88. The van der Waals surface area contributed by atoms with Gasteiger partial charge in [0.05, 0.1) is 6.61 Å². The highest BCUT2D eigenvalue weighted by atomic mass is 19.1. The van der Waals surface area contributed by atoms with Gasteiger partial charge >= 0.3 is 0 Å². The van der Waals surface area contributed by atoms with Crippen molar-refractivity contribution in [2.24, 2.45) is 0 Å². The average molecular weight is 275 g/mol. The molecule has 3 nitrogen and oxygen atoms in total. The maximum absolute atomic E-state index is 13.8. The maximum atomic E-state index is 13.8. The first-order valence-electron chi connectivity index (χ1n) is 6.47. The van der Waals surface area contributed by atoms with Crippen molar-refractivity contribution in [3.63, 3.8) is 0 Å². The molecule has 0 unspecified atom stereocenters. The lowest BCUT2D eigenvalue weighted by Gasteiger charge is -2.09. The van der Waals surface area contributed by atoms with Crippen LogP contribution in [-0.2, 0) is 19.8 Å². The van der Waals surface area contributed by atoms with Gasteiger partial charge in [-0.25, -0.2) is 4.39 Å². The van der Waals surface area contributed by atoms with Crippen LogP contribution in [0.5, 0.6) is 5.75 Å². The van der Waals surface area contributed by atoms with Crippen LogP contribution >= 0.6 is 0 Å². The smallest absolute Gasteiger partial charge is 0.165 e. The molecule has 4 heteroatoms. The Kier molecular flexibility index (Phi) is 5.09. The van der Waals surface area contributed by atoms with Gasteiger partial charge < -0.3 is 15.2 Å². The molecule has 0 radical (unpaired) electrons. The van der Waals surface area contributed by atoms with Gasteiger partial charge in [-0.15, -0.1) is 0 Å². The van der Waals surface area contributed by atoms with E-state index in [1.807, 2.05) is 37.4 Å². The molecule has 0 heterocycles. The summed E-state index contributed by atoms with van der Waals surface area (Å²) in [7, 11) is 1.82. The first-order chi connectivity index (χ1) is 9.72. The van der Waals surface area contributed by atoms with Gasteiger partial charge in [0.25, 0.3) is 0 Å². The number of rotatable bonds is 6. The van der Waals surface area contributed by atoms with Crippen molar-refractivity contribution in [3.05, 3.63) is 65.0 Å². The predicted molar refractivity (Wildman–Crippen MR) is 75.9 cm³/mol. The number of nitrogens with one attached hydrogen (secondary N) is 1. The highest BCUT2D eigenvalue weighted by Crippen LogP contribution is 2.19. The average Bonchev–Trinajstić information content (AvgIpc) is 2.47. The minimum absolute atomic E-state index is 0.0166. The topological polar surface area (TPSA) is 41.5 Å². The summed E-state index contributed by atoms with van der Waals surface area (Å²) in [6, 6.07) is 12.3. The van der Waals surface area contributed by atoms with Crippen LogP contribution in [0.4, 0.5) is 4.39 Å². The number of ether oxygens (including phenoxy) is 1. The summed E-state index contributed by atoms with van der Waals surface area (Å²) in [4.78, 5) is 0. The van der Waals surface area contributed by atoms with Crippen LogP contribution in [0.3, 0.4) is 0 Å². The molecule has 0 atom stereocenters. The molecule has 0 aromatic heterocycles. The van der Waals surface area contributed by atoms with E-state index in [1.54, 1.807) is 6.07 Å². The van der Waals surface area contributed by atoms with Gasteiger partial charge in [0, 0.05) is 6.54 Å². The molecule has 0 amide bonds. The van der Waals surface area contributed by atoms with Crippen LogP contribution in [0, 0.1) is 5.82 Å². The second-order valence-corrected chi connectivity index (χ2v) is 4.56. The van der Waals surface area contributed by atoms with Crippen LogP contribution in [0.15, 0.2) is 42.5 Å². The molecule has 2 rings (SSSR count). The molecular weight excluding hydrogens is 257 g/mol. The summed E-state index contributed by atoms with van der Waals surface area (Å²) >= 11 is 0. The van der Waals surface area contributed by atoms with E-state index in [2.05, 4.69) is 5.32 Å². The normalized spacial score (nSPS) is 10.6. The van der Waals surface area contributed by atoms with Crippen LogP contribution in [0.1, 0.15) is 16.7 Å². The van der Waals surface area contributed by atoms with Crippen molar-refractivity contribution in [2.45, 2.75) is 19.8 Å². The molecule has 0 saturated heterocycles. The third-order valence-corrected chi connectivity index (χ3v) is 2.98. The van der Waals surface area contributed by atoms with Crippen molar-refractivity contribution >= 4 is 0 Å². The number of hydrogen-bond acceptors (Lipinski definition) is 3. The monoisotopic (exact) mass is 275 g/mol. The van der Waals surface area contributed by atoms with Gasteiger partial charge in [-0.2, -0.15) is 0 Å². The van der Waals surface area contributed by atoms with E-state index in [9.17, 15) is 4.39 Å². The van der Waals surface area contributed by atoms with Gasteiger partial charge in [0.15, 0.2) is 11.6 Å². The Morgan fingerprint density at radius 3 is 2.30 bits per heavy atom. The third kappa shape index (κ3) is 3.79. The minimum atomic E-state index is -0.357. The number of halogens is 1. The summed E-state index contributed by atoms with van der Waals surface area (Å²) in [5.74, 6) is -0.110. The number of aliphatic hydroxyl groups is 1. The lowest BCUT2D eigenvalue weighted by Crippen LogP contribution is -2.05. The Hall–Kier alpha value is -1.91. The number of hydrogen-bond donors (Lipinski definition) is 2. The molecule has 0 saturated carbocycles. The van der Waals surface area contributed by atoms with Crippen LogP contribution in [0.25, 0.3) is 0 Å². The Balaban J connectivity index is 1.99. The lowest BCUT2D eigenvalue weighted by atomic mass is 10.1. The molecule has 2 N–H and O–H groups in total. The van der Waals surface area contributed by atoms with E-state index in [4.69, 9.17) is 9.84 Å². The Bertz CT molecular complexity index is 555. The zero-order valence-electron chi connectivity index (χ0n) is 11.4. The molecule has 106 valence electrons. The van der Waals surface area contributed by atoms with Gasteiger partial charge in [0.2, 0.25) is 0 Å². The third-order valence-electron chi connectivity index (χ3n) is 2.98. The molecule has 0 aliphatic heterocycles. The van der Waals surface area contributed by atoms with E-state index < -0.39 is 0 Å². The first kappa shape index (κ1) is 14.5. The predicted octanol–water partition coefficient (Wildman–Crippen LogP) is 2.62. The Morgan fingerprint density at radius 1 is 1.05 bits per heavy atom. The highest BCUT2D eigenvalue weighted by Gasteiger charge is 2.05. The highest BCUT2D eigenvalue weighted by molar-refractivity contribution is 5.30. The van der Waals surface area contributed by atoms with Crippen molar-refractivity contribution in [3.8, 4) is 5.75 Å². The van der Waals surface area contributed by atoms with E-state index >= 15 is 0 Å². The zero-order chi connectivity index (χ0) is 14.4. The molecular formula is C16H18FNO2. The summed E-state index contributed by atoms with van der Waals surface area (Å²) in [5.41, 5.74) is 2.65. The summed E-state index contributed by atoms with van der Waals surface area (Å²) in [5, 5.41) is 11.9. The second-order valence-electron chi connectivity index (χ2n) is 4.56. The Morgan fingerprint density at radius 2 is 1.70 bits per heavy atom. The van der Waals surface area contributed by atoms with Gasteiger partial charge in [0.1, 0.15) is 6.61 Å². The van der Waals surface area contributed by atoms with E-state index in [0.29, 0.717) is 13.2 Å². The molecule has 2 aromatic carbocycles. The summed E-state index contributed by atoms with van der Waals surface area (Å²) < 4.78 is 19.3. The van der Waals surface area contributed by atoms with E-state index in [1.165, 1.54) is 6.07 Å². The van der Waals surface area contributed by atoms with E-state index in [-0.39, 0.29) is 18.2 Å². The van der Waals surface area contributed by atoms with Crippen LogP contribution < -0.4 is 10.1 Å². The number of benzene rings is 2. The second kappa shape index (κ2) is 7.03. The SMILES string of the molecule is CNCc1ccc(OCc2ccc(CO)cc2)c(F)c1. The number of aliphatic hydroxyl groups excluding tert-OH is 1. The molecule has 2 aromatic rings. The van der Waals surface area contributed by atoms with Crippen molar-refractivity contribution in [1.82, 2.24) is 5.32 Å². The Labute approximate surface area is 118 Å². The summed E-state index contributed by atoms with van der Waals surface area (Å²) in [6.45, 7) is 0.941. The minimum Gasteiger partial charge on any atom is -0.486 e. The van der Waals surface area contributed by atoms with Gasteiger partial charge in [-0.3, -0.25) is 0 Å². The van der Waals surface area contributed by atoms with Crippen molar-refractivity contribution < 1.29 is 14.2 Å². The molecule has 0 aliphatic carbocycles. The fourth-order valence-electron chi connectivity index (χ4n) is 1.88. The maximum Gasteiger partial charge on any atom is 0.165 e. The van der Waals surface area contributed by atoms with Crippen LogP contribution in [0.2, 0.25) is 0 Å². The van der Waals surface area contributed by atoms with Gasteiger partial charge in [-0.05, 0) is 35.9 Å². The quantitative estimate of drug-likeness (QED) is 0.851.